The molecule has 126 valence electrons. The summed E-state index contributed by atoms with van der Waals surface area (Å²) in [6.45, 7) is 5.16. The van der Waals surface area contributed by atoms with Gasteiger partial charge in [0.15, 0.2) is 11.5 Å². The van der Waals surface area contributed by atoms with Crippen molar-refractivity contribution in [3.63, 3.8) is 0 Å². The standard InChI is InChI=1S/C17H22N6O/c1-11(2)10-23-14-12(9-20-23)7-13(8-19-14)15-21-16(22-24-15)17(18)5-3-4-6-17/h7-9,11H,3-6,10,18H2,1-2H3. The summed E-state index contributed by atoms with van der Waals surface area (Å²) >= 11 is 0. The van der Waals surface area contributed by atoms with Gasteiger partial charge in [-0.2, -0.15) is 10.1 Å². The lowest BCUT2D eigenvalue weighted by molar-refractivity contribution is 0.372. The van der Waals surface area contributed by atoms with Gasteiger partial charge in [-0.1, -0.05) is 31.8 Å². The number of rotatable bonds is 4. The molecule has 3 aromatic rings. The highest BCUT2D eigenvalue weighted by Gasteiger charge is 2.36. The summed E-state index contributed by atoms with van der Waals surface area (Å²) in [5.74, 6) is 1.58. The Morgan fingerprint density at radius 3 is 2.83 bits per heavy atom. The molecule has 7 heteroatoms. The summed E-state index contributed by atoms with van der Waals surface area (Å²) in [6, 6.07) is 1.99. The van der Waals surface area contributed by atoms with E-state index in [1.54, 1.807) is 6.20 Å². The summed E-state index contributed by atoms with van der Waals surface area (Å²) in [7, 11) is 0. The third-order valence-electron chi connectivity index (χ3n) is 4.63. The van der Waals surface area contributed by atoms with Crippen molar-refractivity contribution in [3.8, 4) is 11.5 Å². The molecule has 0 unspecified atom stereocenters. The number of nitrogens with zero attached hydrogens (tertiary/aromatic N) is 5. The quantitative estimate of drug-likeness (QED) is 0.792. The Hall–Kier alpha value is -2.28. The number of pyridine rings is 1. The molecule has 1 aliphatic carbocycles. The molecule has 3 heterocycles. The van der Waals surface area contributed by atoms with Gasteiger partial charge in [0.1, 0.15) is 0 Å². The fourth-order valence-corrected chi connectivity index (χ4v) is 3.34. The van der Waals surface area contributed by atoms with Crippen LogP contribution in [0.15, 0.2) is 23.0 Å². The third-order valence-corrected chi connectivity index (χ3v) is 4.63. The molecule has 7 nitrogen and oxygen atoms in total. The van der Waals surface area contributed by atoms with Crippen LogP contribution in [0.1, 0.15) is 45.4 Å². The number of aromatic nitrogens is 5. The molecule has 1 saturated carbocycles. The lowest BCUT2D eigenvalue weighted by Crippen LogP contribution is -2.34. The molecule has 3 aromatic heterocycles. The van der Waals surface area contributed by atoms with E-state index in [-0.39, 0.29) is 0 Å². The van der Waals surface area contributed by atoms with Crippen LogP contribution in [-0.4, -0.2) is 24.9 Å². The van der Waals surface area contributed by atoms with Crippen molar-refractivity contribution in [2.24, 2.45) is 11.7 Å². The average Bonchev–Trinajstić information content (AvgIpc) is 3.26. The van der Waals surface area contributed by atoms with Gasteiger partial charge in [0.2, 0.25) is 0 Å². The fourth-order valence-electron chi connectivity index (χ4n) is 3.34. The fraction of sp³-hybridized carbons (Fsp3) is 0.529. The molecule has 24 heavy (non-hydrogen) atoms. The third kappa shape index (κ3) is 2.58. The van der Waals surface area contributed by atoms with E-state index in [4.69, 9.17) is 10.3 Å². The van der Waals surface area contributed by atoms with E-state index in [2.05, 4.69) is 34.1 Å². The minimum atomic E-state index is -0.443. The van der Waals surface area contributed by atoms with Crippen LogP contribution in [0.4, 0.5) is 0 Å². The number of fused-ring (bicyclic) bond motifs is 1. The van der Waals surface area contributed by atoms with E-state index in [1.165, 1.54) is 0 Å². The average molecular weight is 326 g/mol. The summed E-state index contributed by atoms with van der Waals surface area (Å²) in [4.78, 5) is 9.06. The van der Waals surface area contributed by atoms with Gasteiger partial charge in [-0.25, -0.2) is 9.67 Å². The van der Waals surface area contributed by atoms with Gasteiger partial charge >= 0.3 is 0 Å². The van der Waals surface area contributed by atoms with Gasteiger partial charge in [-0.3, -0.25) is 0 Å². The molecule has 0 amide bonds. The first kappa shape index (κ1) is 15.3. The first-order valence-electron chi connectivity index (χ1n) is 8.50. The molecule has 1 fully saturated rings. The van der Waals surface area contributed by atoms with Crippen LogP contribution in [0.2, 0.25) is 0 Å². The predicted octanol–water partition coefficient (Wildman–Crippen LogP) is 2.87. The monoisotopic (exact) mass is 326 g/mol. The van der Waals surface area contributed by atoms with Crippen LogP contribution in [-0.2, 0) is 12.1 Å². The maximum absolute atomic E-state index is 6.40. The summed E-state index contributed by atoms with van der Waals surface area (Å²) < 4.78 is 7.37. The lowest BCUT2D eigenvalue weighted by Gasteiger charge is -2.17. The summed E-state index contributed by atoms with van der Waals surface area (Å²) in [6.07, 6.45) is 7.63. The van der Waals surface area contributed by atoms with Crippen LogP contribution >= 0.6 is 0 Å². The van der Waals surface area contributed by atoms with Crippen LogP contribution in [0, 0.1) is 5.92 Å². The molecule has 0 aromatic carbocycles. The van der Waals surface area contributed by atoms with Crippen molar-refractivity contribution in [1.29, 1.82) is 0 Å². The topological polar surface area (TPSA) is 95.7 Å². The Labute approximate surface area is 140 Å². The normalized spacial score (nSPS) is 17.2. The van der Waals surface area contributed by atoms with Crippen molar-refractivity contribution < 1.29 is 4.52 Å². The Bertz CT molecular complexity index is 859. The highest BCUT2D eigenvalue weighted by Crippen LogP contribution is 2.35. The van der Waals surface area contributed by atoms with E-state index in [1.807, 2.05) is 16.9 Å². The Kier molecular flexibility index (Phi) is 3.60. The van der Waals surface area contributed by atoms with E-state index in [0.717, 1.165) is 48.8 Å². The smallest absolute Gasteiger partial charge is 0.259 e. The maximum Gasteiger partial charge on any atom is 0.259 e. The second-order valence-electron chi connectivity index (χ2n) is 7.14. The van der Waals surface area contributed by atoms with Crippen molar-refractivity contribution in [2.45, 2.75) is 51.6 Å². The molecule has 1 aliphatic rings. The van der Waals surface area contributed by atoms with Crippen LogP contribution in [0.5, 0.6) is 0 Å². The van der Waals surface area contributed by atoms with Crippen molar-refractivity contribution in [1.82, 2.24) is 24.9 Å². The molecule has 0 atom stereocenters. The predicted molar refractivity (Wildman–Crippen MR) is 90.0 cm³/mol. The zero-order valence-electron chi connectivity index (χ0n) is 14.1. The second kappa shape index (κ2) is 5.66. The molecule has 0 saturated heterocycles. The SMILES string of the molecule is CC(C)Cn1ncc2cc(-c3nc(C4(N)CCCC4)no3)cnc21. The van der Waals surface area contributed by atoms with Gasteiger partial charge in [0.25, 0.3) is 5.89 Å². The zero-order chi connectivity index (χ0) is 16.7. The summed E-state index contributed by atoms with van der Waals surface area (Å²) in [5.41, 5.74) is 7.63. The summed E-state index contributed by atoms with van der Waals surface area (Å²) in [5, 5.41) is 9.50. The molecule has 0 aliphatic heterocycles. The molecule has 4 rings (SSSR count). The van der Waals surface area contributed by atoms with Crippen LogP contribution < -0.4 is 5.73 Å². The molecular weight excluding hydrogens is 304 g/mol. The molecular formula is C17H22N6O. The van der Waals surface area contributed by atoms with Crippen LogP contribution in [0.25, 0.3) is 22.5 Å². The van der Waals surface area contributed by atoms with Gasteiger partial charge in [0.05, 0.1) is 17.3 Å². The van der Waals surface area contributed by atoms with E-state index in [0.29, 0.717) is 17.6 Å². The van der Waals surface area contributed by atoms with Crippen molar-refractivity contribution in [3.05, 3.63) is 24.3 Å². The van der Waals surface area contributed by atoms with Gasteiger partial charge < -0.3 is 10.3 Å². The maximum atomic E-state index is 6.40. The van der Waals surface area contributed by atoms with Gasteiger partial charge in [0, 0.05) is 18.1 Å². The molecule has 0 bridgehead atoms. The Morgan fingerprint density at radius 1 is 1.29 bits per heavy atom. The second-order valence-corrected chi connectivity index (χ2v) is 7.14. The molecule has 0 spiro atoms. The van der Waals surface area contributed by atoms with E-state index in [9.17, 15) is 0 Å². The Balaban J connectivity index is 1.66. The van der Waals surface area contributed by atoms with Crippen molar-refractivity contribution in [2.75, 3.05) is 0 Å². The molecule has 0 radical (unpaired) electrons. The Morgan fingerprint density at radius 2 is 2.08 bits per heavy atom. The number of nitrogens with two attached hydrogens (primary N) is 1. The van der Waals surface area contributed by atoms with Crippen molar-refractivity contribution >= 4 is 11.0 Å². The van der Waals surface area contributed by atoms with Gasteiger partial charge in [-0.15, -0.1) is 0 Å². The first-order chi connectivity index (χ1) is 11.5. The highest BCUT2D eigenvalue weighted by molar-refractivity contribution is 5.79. The minimum absolute atomic E-state index is 0.443. The van der Waals surface area contributed by atoms with Crippen LogP contribution in [0.3, 0.4) is 0 Å². The van der Waals surface area contributed by atoms with Gasteiger partial charge in [-0.05, 0) is 24.8 Å². The molecule has 2 N–H and O–H groups in total. The minimum Gasteiger partial charge on any atom is -0.334 e. The zero-order valence-corrected chi connectivity index (χ0v) is 14.1. The largest absolute Gasteiger partial charge is 0.334 e. The highest BCUT2D eigenvalue weighted by atomic mass is 16.5. The first-order valence-corrected chi connectivity index (χ1v) is 8.50. The number of hydrogen-bond donors (Lipinski definition) is 1. The van der Waals surface area contributed by atoms with E-state index >= 15 is 0 Å². The lowest BCUT2D eigenvalue weighted by atomic mass is 9.99. The van der Waals surface area contributed by atoms with E-state index < -0.39 is 5.54 Å². The number of hydrogen-bond acceptors (Lipinski definition) is 6.